The van der Waals surface area contributed by atoms with Crippen LogP contribution in [0.15, 0.2) is 0 Å². The lowest BCUT2D eigenvalue weighted by atomic mass is 9.73. The third-order valence-electron chi connectivity index (χ3n) is 3.71. The first kappa shape index (κ1) is 9.12. The van der Waals surface area contributed by atoms with E-state index in [-0.39, 0.29) is 0 Å². The van der Waals surface area contributed by atoms with Crippen LogP contribution in [0.1, 0.15) is 34.6 Å². The highest BCUT2D eigenvalue weighted by Crippen LogP contribution is 2.73. The van der Waals surface area contributed by atoms with Crippen molar-refractivity contribution in [2.45, 2.75) is 51.3 Å². The van der Waals surface area contributed by atoms with E-state index in [4.69, 9.17) is 5.73 Å². The minimum atomic E-state index is 0.345. The van der Waals surface area contributed by atoms with Gasteiger partial charge in [0.05, 0.1) is 0 Å². The summed E-state index contributed by atoms with van der Waals surface area (Å²) in [5, 5.41) is 0.905. The molecule has 2 atom stereocenters. The van der Waals surface area contributed by atoms with Gasteiger partial charge in [0.25, 0.3) is 0 Å². The molecular weight excluding hydrogens is 133 g/mol. The van der Waals surface area contributed by atoms with Crippen LogP contribution in [0, 0.1) is 5.92 Å². The lowest BCUT2D eigenvalue weighted by Crippen LogP contribution is -2.29. The van der Waals surface area contributed by atoms with Crippen molar-refractivity contribution < 1.29 is 0 Å². The van der Waals surface area contributed by atoms with Crippen molar-refractivity contribution in [3.8, 4) is 0 Å². The highest BCUT2D eigenvalue weighted by Gasteiger charge is 2.65. The van der Waals surface area contributed by atoms with E-state index in [2.05, 4.69) is 34.6 Å². The Morgan fingerprint density at radius 1 is 1.18 bits per heavy atom. The average Bonchev–Trinajstić information content (AvgIpc) is 2.35. The molecule has 0 spiro atoms. The number of hydrogen-bond acceptors (Lipinski definition) is 1. The van der Waals surface area contributed by atoms with E-state index in [0.717, 1.165) is 5.92 Å². The standard InChI is InChI=1S/C9H20BN/c1-6(2)9(7(3)11)8(4,5)10-9/h6-7,10H,11H2,1-5H3. The number of hydrogen-bond donors (Lipinski definition) is 1. The molecular formula is C9H20BN. The fraction of sp³-hybridized carbons (Fsp3) is 1.00. The normalized spacial score (nSPS) is 36.6. The zero-order valence-corrected chi connectivity index (χ0v) is 8.44. The number of nitrogens with two attached hydrogens (primary N) is 1. The largest absolute Gasteiger partial charge is 0.328 e. The smallest absolute Gasteiger partial charge is 0.136 e. The zero-order chi connectivity index (χ0) is 8.86. The molecule has 2 unspecified atom stereocenters. The molecule has 1 saturated heterocycles. The Labute approximate surface area is 71.0 Å². The van der Waals surface area contributed by atoms with E-state index in [1.165, 1.54) is 7.28 Å². The zero-order valence-electron chi connectivity index (χ0n) is 8.44. The molecule has 2 N–H and O–H groups in total. The Bertz CT molecular complexity index is 153. The second kappa shape index (κ2) is 2.26. The molecule has 1 heterocycles. The van der Waals surface area contributed by atoms with Crippen molar-refractivity contribution in [1.82, 2.24) is 0 Å². The molecule has 0 bridgehead atoms. The summed E-state index contributed by atoms with van der Waals surface area (Å²) in [7, 11) is 1.30. The van der Waals surface area contributed by atoms with E-state index >= 15 is 0 Å². The van der Waals surface area contributed by atoms with Gasteiger partial charge in [0.15, 0.2) is 0 Å². The van der Waals surface area contributed by atoms with Gasteiger partial charge >= 0.3 is 0 Å². The van der Waals surface area contributed by atoms with Gasteiger partial charge in [-0.05, 0) is 17.3 Å². The van der Waals surface area contributed by atoms with Crippen molar-refractivity contribution in [1.29, 1.82) is 0 Å². The minimum Gasteiger partial charge on any atom is -0.328 e. The Hall–Kier alpha value is 0.0249. The maximum atomic E-state index is 6.01. The quantitative estimate of drug-likeness (QED) is 0.601. The molecule has 1 aliphatic rings. The van der Waals surface area contributed by atoms with Crippen LogP contribution in [-0.4, -0.2) is 13.3 Å². The molecule has 0 aliphatic carbocycles. The summed E-state index contributed by atoms with van der Waals surface area (Å²) in [6.07, 6.45) is 0. The van der Waals surface area contributed by atoms with Gasteiger partial charge in [-0.1, -0.05) is 39.9 Å². The van der Waals surface area contributed by atoms with Crippen LogP contribution in [0.5, 0.6) is 0 Å². The van der Waals surface area contributed by atoms with Crippen LogP contribution in [0.25, 0.3) is 0 Å². The Kier molecular flexibility index (Phi) is 1.87. The van der Waals surface area contributed by atoms with E-state index in [1.807, 2.05) is 0 Å². The average molecular weight is 153 g/mol. The van der Waals surface area contributed by atoms with E-state index in [1.54, 1.807) is 0 Å². The fourth-order valence-electron chi connectivity index (χ4n) is 2.98. The summed E-state index contributed by atoms with van der Waals surface area (Å²) in [5.41, 5.74) is 6.01. The summed E-state index contributed by atoms with van der Waals surface area (Å²) in [5.74, 6) is 0.720. The van der Waals surface area contributed by atoms with E-state index in [0.29, 0.717) is 16.7 Å². The van der Waals surface area contributed by atoms with Crippen LogP contribution < -0.4 is 5.73 Å². The minimum absolute atomic E-state index is 0.345. The second-order valence-corrected chi connectivity index (χ2v) is 5.04. The third-order valence-corrected chi connectivity index (χ3v) is 3.71. The molecule has 1 rings (SSSR count). The predicted molar refractivity (Wildman–Crippen MR) is 52.4 cm³/mol. The lowest BCUT2D eigenvalue weighted by Gasteiger charge is -2.30. The predicted octanol–water partition coefficient (Wildman–Crippen LogP) is 1.80. The molecule has 0 radical (unpaired) electrons. The van der Waals surface area contributed by atoms with Gasteiger partial charge in [0, 0.05) is 0 Å². The van der Waals surface area contributed by atoms with Crippen LogP contribution in [0.3, 0.4) is 0 Å². The Balaban J connectivity index is 2.80. The lowest BCUT2D eigenvalue weighted by molar-refractivity contribution is 0.361. The molecule has 1 aliphatic heterocycles. The molecule has 64 valence electrons. The summed E-state index contributed by atoms with van der Waals surface area (Å²) in [6.45, 7) is 11.4. The summed E-state index contributed by atoms with van der Waals surface area (Å²) in [4.78, 5) is 0. The maximum Gasteiger partial charge on any atom is 0.136 e. The van der Waals surface area contributed by atoms with Crippen LogP contribution >= 0.6 is 0 Å². The summed E-state index contributed by atoms with van der Waals surface area (Å²) >= 11 is 0. The molecule has 0 aromatic rings. The first-order valence-electron chi connectivity index (χ1n) is 4.60. The Morgan fingerprint density at radius 3 is 1.55 bits per heavy atom. The molecule has 1 nitrogen and oxygen atoms in total. The monoisotopic (exact) mass is 153 g/mol. The molecule has 0 saturated carbocycles. The van der Waals surface area contributed by atoms with Gasteiger partial charge in [0.2, 0.25) is 0 Å². The van der Waals surface area contributed by atoms with E-state index < -0.39 is 0 Å². The van der Waals surface area contributed by atoms with Crippen molar-refractivity contribution in [3.63, 3.8) is 0 Å². The first-order valence-corrected chi connectivity index (χ1v) is 4.60. The molecule has 11 heavy (non-hydrogen) atoms. The molecule has 0 aromatic heterocycles. The molecule has 0 aromatic carbocycles. The summed E-state index contributed by atoms with van der Waals surface area (Å²) < 4.78 is 0. The van der Waals surface area contributed by atoms with Gasteiger partial charge < -0.3 is 5.73 Å². The van der Waals surface area contributed by atoms with Crippen molar-refractivity contribution >= 4 is 7.28 Å². The van der Waals surface area contributed by atoms with Gasteiger partial charge in [-0.25, -0.2) is 0 Å². The third kappa shape index (κ3) is 1.03. The fourth-order valence-corrected chi connectivity index (χ4v) is 2.98. The molecule has 1 fully saturated rings. The van der Waals surface area contributed by atoms with Gasteiger partial charge in [0.1, 0.15) is 7.28 Å². The van der Waals surface area contributed by atoms with Gasteiger partial charge in [-0.3, -0.25) is 0 Å². The maximum absolute atomic E-state index is 6.01. The van der Waals surface area contributed by atoms with Gasteiger partial charge in [-0.15, -0.1) is 0 Å². The van der Waals surface area contributed by atoms with Crippen molar-refractivity contribution in [2.75, 3.05) is 0 Å². The molecule has 0 amide bonds. The number of rotatable bonds is 2. The second-order valence-electron chi connectivity index (χ2n) is 5.04. The van der Waals surface area contributed by atoms with Crippen molar-refractivity contribution in [3.05, 3.63) is 0 Å². The van der Waals surface area contributed by atoms with Crippen LogP contribution in [-0.2, 0) is 0 Å². The van der Waals surface area contributed by atoms with Crippen molar-refractivity contribution in [2.24, 2.45) is 11.7 Å². The highest BCUT2D eigenvalue weighted by atomic mass is 14.7. The first-order chi connectivity index (χ1) is 4.84. The molecule has 2 heteroatoms. The Morgan fingerprint density at radius 2 is 1.55 bits per heavy atom. The van der Waals surface area contributed by atoms with Crippen LogP contribution in [0.4, 0.5) is 0 Å². The SMILES string of the molecule is CC(C)C1(C(C)N)BC1(C)C. The van der Waals surface area contributed by atoms with E-state index in [9.17, 15) is 0 Å². The highest BCUT2D eigenvalue weighted by molar-refractivity contribution is 6.60. The van der Waals surface area contributed by atoms with Gasteiger partial charge in [-0.2, -0.15) is 0 Å². The summed E-state index contributed by atoms with van der Waals surface area (Å²) in [6, 6.07) is 0.345. The topological polar surface area (TPSA) is 26.0 Å². The van der Waals surface area contributed by atoms with Crippen LogP contribution in [0.2, 0.25) is 10.6 Å².